The minimum absolute atomic E-state index is 0.118. The standard InChI is InChI=1S/C17H26N2O/c1-17(2)10-15-14(16(20)11-17)6-9-19(15)12-13-4-7-18(3)8-5-13/h6,9,13H,4-5,7-8,10-12H2,1-3H3. The van der Waals surface area contributed by atoms with E-state index in [1.807, 2.05) is 6.07 Å². The van der Waals surface area contributed by atoms with Gasteiger partial charge in [-0.05, 0) is 56.8 Å². The number of piperidine rings is 1. The third-order valence-electron chi connectivity index (χ3n) is 4.96. The van der Waals surface area contributed by atoms with Crippen molar-refractivity contribution in [2.45, 2.75) is 46.1 Å². The van der Waals surface area contributed by atoms with E-state index >= 15 is 0 Å². The first-order valence-electron chi connectivity index (χ1n) is 7.84. The van der Waals surface area contributed by atoms with Crippen LogP contribution in [0.15, 0.2) is 12.3 Å². The molecule has 0 spiro atoms. The van der Waals surface area contributed by atoms with Crippen LogP contribution < -0.4 is 0 Å². The second-order valence-corrected chi connectivity index (χ2v) is 7.52. The molecule has 110 valence electrons. The van der Waals surface area contributed by atoms with Gasteiger partial charge in [-0.1, -0.05) is 13.8 Å². The third kappa shape index (κ3) is 2.69. The van der Waals surface area contributed by atoms with Crippen molar-refractivity contribution in [2.24, 2.45) is 11.3 Å². The summed E-state index contributed by atoms with van der Waals surface area (Å²) in [6.07, 6.45) is 6.43. The molecule has 0 bridgehead atoms. The number of Topliss-reactive ketones (excluding diaryl/α,β-unsaturated/α-hetero) is 1. The summed E-state index contributed by atoms with van der Waals surface area (Å²) in [7, 11) is 2.20. The maximum atomic E-state index is 12.2. The highest BCUT2D eigenvalue weighted by Gasteiger charge is 2.33. The van der Waals surface area contributed by atoms with Gasteiger partial charge in [0.1, 0.15) is 0 Å². The molecule has 20 heavy (non-hydrogen) atoms. The van der Waals surface area contributed by atoms with Crippen molar-refractivity contribution in [3.63, 3.8) is 0 Å². The number of nitrogens with zero attached hydrogens (tertiary/aromatic N) is 2. The van der Waals surface area contributed by atoms with Crippen molar-refractivity contribution in [2.75, 3.05) is 20.1 Å². The van der Waals surface area contributed by atoms with E-state index in [-0.39, 0.29) is 5.41 Å². The van der Waals surface area contributed by atoms with Crippen LogP contribution in [-0.2, 0) is 13.0 Å². The Balaban J connectivity index is 1.77. The Bertz CT molecular complexity index is 507. The van der Waals surface area contributed by atoms with Gasteiger partial charge in [-0.3, -0.25) is 4.79 Å². The van der Waals surface area contributed by atoms with E-state index in [2.05, 4.69) is 36.6 Å². The van der Waals surface area contributed by atoms with Crippen LogP contribution in [0.4, 0.5) is 0 Å². The summed E-state index contributed by atoms with van der Waals surface area (Å²) in [5, 5.41) is 0. The van der Waals surface area contributed by atoms with Gasteiger partial charge in [-0.15, -0.1) is 0 Å². The number of hydrogen-bond donors (Lipinski definition) is 0. The molecule has 1 saturated heterocycles. The molecule has 3 rings (SSSR count). The fourth-order valence-electron chi connectivity index (χ4n) is 3.70. The molecule has 3 nitrogen and oxygen atoms in total. The summed E-state index contributed by atoms with van der Waals surface area (Å²) >= 11 is 0. The second kappa shape index (κ2) is 5.03. The van der Waals surface area contributed by atoms with Gasteiger partial charge < -0.3 is 9.47 Å². The summed E-state index contributed by atoms with van der Waals surface area (Å²) in [4.78, 5) is 14.6. The summed E-state index contributed by atoms with van der Waals surface area (Å²) in [5.41, 5.74) is 2.38. The lowest BCUT2D eigenvalue weighted by atomic mass is 9.76. The lowest BCUT2D eigenvalue weighted by molar-refractivity contribution is 0.0909. The van der Waals surface area contributed by atoms with Gasteiger partial charge in [-0.25, -0.2) is 0 Å². The number of carbonyl (C=O) groups excluding carboxylic acids is 1. The van der Waals surface area contributed by atoms with E-state index in [0.29, 0.717) is 12.2 Å². The molecule has 0 amide bonds. The van der Waals surface area contributed by atoms with Crippen molar-refractivity contribution in [1.82, 2.24) is 9.47 Å². The summed E-state index contributed by atoms with van der Waals surface area (Å²) < 4.78 is 2.37. The zero-order valence-corrected chi connectivity index (χ0v) is 13.0. The lowest BCUT2D eigenvalue weighted by Crippen LogP contribution is -2.33. The molecule has 2 aliphatic rings. The average molecular weight is 274 g/mol. The molecule has 0 unspecified atom stereocenters. The van der Waals surface area contributed by atoms with Gasteiger partial charge in [0.15, 0.2) is 5.78 Å². The molecule has 1 aliphatic heterocycles. The van der Waals surface area contributed by atoms with E-state index in [1.54, 1.807) is 0 Å². The zero-order chi connectivity index (χ0) is 14.3. The van der Waals surface area contributed by atoms with Gasteiger partial charge in [0.05, 0.1) is 0 Å². The minimum atomic E-state index is 0.118. The monoisotopic (exact) mass is 274 g/mol. The minimum Gasteiger partial charge on any atom is -0.350 e. The van der Waals surface area contributed by atoms with Crippen molar-refractivity contribution >= 4 is 5.78 Å². The molecule has 0 radical (unpaired) electrons. The quantitative estimate of drug-likeness (QED) is 0.828. The molecular formula is C17H26N2O. The average Bonchev–Trinajstić information content (AvgIpc) is 2.74. The van der Waals surface area contributed by atoms with Crippen molar-refractivity contribution < 1.29 is 4.79 Å². The van der Waals surface area contributed by atoms with E-state index in [0.717, 1.165) is 24.4 Å². The molecule has 1 aromatic heterocycles. The van der Waals surface area contributed by atoms with Gasteiger partial charge in [0.25, 0.3) is 0 Å². The highest BCUT2D eigenvalue weighted by atomic mass is 16.1. The molecule has 1 aliphatic carbocycles. The second-order valence-electron chi connectivity index (χ2n) is 7.52. The van der Waals surface area contributed by atoms with Crippen LogP contribution in [0, 0.1) is 11.3 Å². The number of ketones is 1. The Morgan fingerprint density at radius 2 is 1.95 bits per heavy atom. The topological polar surface area (TPSA) is 25.2 Å². The highest BCUT2D eigenvalue weighted by molar-refractivity contribution is 5.98. The van der Waals surface area contributed by atoms with Gasteiger partial charge in [-0.2, -0.15) is 0 Å². The van der Waals surface area contributed by atoms with E-state index < -0.39 is 0 Å². The van der Waals surface area contributed by atoms with Crippen molar-refractivity contribution in [3.8, 4) is 0 Å². The molecule has 0 atom stereocenters. The number of aromatic nitrogens is 1. The van der Waals surface area contributed by atoms with E-state index in [4.69, 9.17) is 0 Å². The fourth-order valence-corrected chi connectivity index (χ4v) is 3.70. The molecule has 3 heteroatoms. The zero-order valence-electron chi connectivity index (χ0n) is 13.0. The van der Waals surface area contributed by atoms with Crippen LogP contribution in [0.2, 0.25) is 0 Å². The van der Waals surface area contributed by atoms with Crippen molar-refractivity contribution in [3.05, 3.63) is 23.5 Å². The van der Waals surface area contributed by atoms with Crippen LogP contribution in [0.5, 0.6) is 0 Å². The first-order valence-corrected chi connectivity index (χ1v) is 7.84. The Morgan fingerprint density at radius 1 is 1.25 bits per heavy atom. The summed E-state index contributed by atoms with van der Waals surface area (Å²) in [5.74, 6) is 1.10. The number of rotatable bonds is 2. The largest absolute Gasteiger partial charge is 0.350 e. The van der Waals surface area contributed by atoms with Crippen LogP contribution in [-0.4, -0.2) is 35.4 Å². The molecule has 1 aromatic rings. The van der Waals surface area contributed by atoms with Crippen LogP contribution >= 0.6 is 0 Å². The maximum absolute atomic E-state index is 12.2. The lowest BCUT2D eigenvalue weighted by Gasteiger charge is -2.32. The van der Waals surface area contributed by atoms with Crippen molar-refractivity contribution in [1.29, 1.82) is 0 Å². The van der Waals surface area contributed by atoms with Gasteiger partial charge in [0.2, 0.25) is 0 Å². The molecule has 0 aromatic carbocycles. The predicted octanol–water partition coefficient (Wildman–Crippen LogP) is 2.99. The van der Waals surface area contributed by atoms with Crippen LogP contribution in [0.1, 0.15) is 49.2 Å². The first kappa shape index (κ1) is 13.9. The van der Waals surface area contributed by atoms with Crippen LogP contribution in [0.3, 0.4) is 0 Å². The summed E-state index contributed by atoms with van der Waals surface area (Å²) in [6.45, 7) is 7.92. The van der Waals surface area contributed by atoms with Gasteiger partial charge >= 0.3 is 0 Å². The number of hydrogen-bond acceptors (Lipinski definition) is 2. The van der Waals surface area contributed by atoms with Gasteiger partial charge in [0, 0.05) is 30.4 Å². The Labute approximate surface area is 122 Å². The Morgan fingerprint density at radius 3 is 2.65 bits per heavy atom. The first-order chi connectivity index (χ1) is 9.44. The third-order valence-corrected chi connectivity index (χ3v) is 4.96. The number of carbonyl (C=O) groups is 1. The molecule has 0 N–H and O–H groups in total. The number of fused-ring (bicyclic) bond motifs is 1. The Kier molecular flexibility index (Phi) is 3.49. The molecule has 1 fully saturated rings. The normalized spacial score (nSPS) is 23.9. The predicted molar refractivity (Wildman–Crippen MR) is 81.1 cm³/mol. The molecular weight excluding hydrogens is 248 g/mol. The Hall–Kier alpha value is -1.09. The molecule has 2 heterocycles. The van der Waals surface area contributed by atoms with E-state index in [9.17, 15) is 4.79 Å². The fraction of sp³-hybridized carbons (Fsp3) is 0.706. The highest BCUT2D eigenvalue weighted by Crippen LogP contribution is 2.35. The number of likely N-dealkylation sites (tertiary alicyclic amines) is 1. The van der Waals surface area contributed by atoms with Crippen LogP contribution in [0.25, 0.3) is 0 Å². The SMILES string of the molecule is CN1CCC(Cn2ccc3c2CC(C)(C)CC3=O)CC1. The maximum Gasteiger partial charge on any atom is 0.165 e. The summed E-state index contributed by atoms with van der Waals surface area (Å²) in [6, 6.07) is 2.04. The molecule has 0 saturated carbocycles. The smallest absolute Gasteiger partial charge is 0.165 e. The van der Waals surface area contributed by atoms with E-state index in [1.165, 1.54) is 31.6 Å².